The van der Waals surface area contributed by atoms with Gasteiger partial charge in [0.15, 0.2) is 0 Å². The van der Waals surface area contributed by atoms with E-state index in [4.69, 9.17) is 0 Å². The van der Waals surface area contributed by atoms with Crippen molar-refractivity contribution in [2.45, 2.75) is 11.7 Å². The molecule has 13 heteroatoms. The van der Waals surface area contributed by atoms with Crippen LogP contribution >= 0.6 is 0 Å². The molecule has 0 bridgehead atoms. The number of amidine groups is 1. The molecule has 2 aromatic rings. The normalized spacial score (nSPS) is 22.9. The molecule has 32 heavy (non-hydrogen) atoms. The number of carbonyl (C=O) groups is 4. The average molecular weight is 449 g/mol. The van der Waals surface area contributed by atoms with E-state index in [1.165, 1.54) is 12.3 Å². The molecule has 2 atom stereocenters. The van der Waals surface area contributed by atoms with Gasteiger partial charge in [-0.3, -0.25) is 24.7 Å². The second-order valence-corrected chi connectivity index (χ2v) is 6.82. The number of amides is 5. The second-order valence-electron chi connectivity index (χ2n) is 6.82. The number of anilines is 1. The van der Waals surface area contributed by atoms with Crippen LogP contribution in [0.1, 0.15) is 10.4 Å². The zero-order valence-electron chi connectivity index (χ0n) is 15.7. The van der Waals surface area contributed by atoms with Gasteiger partial charge < -0.3 is 5.32 Å². The smallest absolute Gasteiger partial charge is 0.329 e. The van der Waals surface area contributed by atoms with Gasteiger partial charge in [0.25, 0.3) is 11.8 Å². The molecule has 2 aliphatic rings. The fraction of sp³-hybridized carbons (Fsp3) is 0.158. The maximum atomic E-state index is 14.3. The summed E-state index contributed by atoms with van der Waals surface area (Å²) < 4.78 is 56.2. The number of nitrogens with zero attached hydrogens (tertiary/aromatic N) is 3. The number of hydrogen-bond acceptors (Lipinski definition) is 5. The van der Waals surface area contributed by atoms with Gasteiger partial charge in [-0.2, -0.15) is 18.2 Å². The quantitative estimate of drug-likeness (QED) is 0.689. The van der Waals surface area contributed by atoms with Gasteiger partial charge in [-0.25, -0.2) is 14.1 Å². The van der Waals surface area contributed by atoms with Gasteiger partial charge in [0, 0.05) is 12.4 Å². The Bertz CT molecular complexity index is 1170. The van der Waals surface area contributed by atoms with Crippen molar-refractivity contribution in [3.8, 4) is 0 Å². The molecule has 1 saturated heterocycles. The van der Waals surface area contributed by atoms with Crippen LogP contribution in [0, 0.1) is 11.7 Å². The standard InChI is InChI=1S/C19H11F4N5O4/c20-10-3-5-11(6-4-10)28-13-12(15(30)26-17(28)32)18(16(31)25-13,19(21,22)23)27-14(29)9-2-1-7-24-8-9/h1-8,12H,(H,27,29)(H,26,30,32). The van der Waals surface area contributed by atoms with E-state index in [2.05, 4.69) is 9.98 Å². The molecule has 0 spiro atoms. The third-order valence-corrected chi connectivity index (χ3v) is 4.94. The van der Waals surface area contributed by atoms with Crippen LogP contribution in [0.25, 0.3) is 0 Å². The predicted molar refractivity (Wildman–Crippen MR) is 98.8 cm³/mol. The molecule has 1 fully saturated rings. The van der Waals surface area contributed by atoms with Crippen molar-refractivity contribution in [1.82, 2.24) is 15.6 Å². The first-order valence-corrected chi connectivity index (χ1v) is 8.89. The number of rotatable bonds is 3. The zero-order valence-corrected chi connectivity index (χ0v) is 15.7. The van der Waals surface area contributed by atoms with Crippen molar-refractivity contribution in [3.05, 3.63) is 60.2 Å². The Kier molecular flexibility index (Phi) is 4.75. The van der Waals surface area contributed by atoms with Gasteiger partial charge in [0.05, 0.1) is 11.3 Å². The number of fused-ring (bicyclic) bond motifs is 1. The summed E-state index contributed by atoms with van der Waals surface area (Å²) in [5.74, 6) is -8.67. The Labute approximate surface area is 176 Å². The van der Waals surface area contributed by atoms with Crippen LogP contribution < -0.4 is 15.5 Å². The molecule has 2 N–H and O–H groups in total. The number of nitrogens with one attached hydrogen (secondary N) is 2. The Morgan fingerprint density at radius 3 is 2.41 bits per heavy atom. The Morgan fingerprint density at radius 2 is 1.81 bits per heavy atom. The molecular weight excluding hydrogens is 438 g/mol. The highest BCUT2D eigenvalue weighted by Gasteiger charge is 2.74. The van der Waals surface area contributed by atoms with Crippen LogP contribution in [0.5, 0.6) is 0 Å². The molecule has 0 aliphatic carbocycles. The summed E-state index contributed by atoms with van der Waals surface area (Å²) >= 11 is 0. The van der Waals surface area contributed by atoms with E-state index in [9.17, 15) is 36.7 Å². The maximum absolute atomic E-state index is 14.3. The Balaban J connectivity index is 1.82. The molecule has 2 unspecified atom stereocenters. The molecule has 5 amide bonds. The minimum Gasteiger partial charge on any atom is -0.329 e. The number of carbonyl (C=O) groups excluding carboxylic acids is 4. The lowest BCUT2D eigenvalue weighted by Crippen LogP contribution is -2.72. The summed E-state index contributed by atoms with van der Waals surface area (Å²) in [6, 6.07) is 5.20. The molecule has 164 valence electrons. The first kappa shape index (κ1) is 21.1. The molecule has 1 aromatic carbocycles. The van der Waals surface area contributed by atoms with Crippen LogP contribution in [0.3, 0.4) is 0 Å². The first-order valence-electron chi connectivity index (χ1n) is 8.89. The predicted octanol–water partition coefficient (Wildman–Crippen LogP) is 1.56. The minimum absolute atomic E-state index is 0.149. The largest absolute Gasteiger partial charge is 0.422 e. The number of hydrogen-bond donors (Lipinski definition) is 2. The highest BCUT2D eigenvalue weighted by atomic mass is 19.4. The monoisotopic (exact) mass is 449 g/mol. The van der Waals surface area contributed by atoms with Crippen LogP contribution in [0.15, 0.2) is 53.8 Å². The van der Waals surface area contributed by atoms with E-state index in [1.807, 2.05) is 0 Å². The van der Waals surface area contributed by atoms with E-state index in [1.54, 1.807) is 10.6 Å². The van der Waals surface area contributed by atoms with Gasteiger partial charge in [-0.15, -0.1) is 0 Å². The van der Waals surface area contributed by atoms with Gasteiger partial charge >= 0.3 is 12.2 Å². The fourth-order valence-electron chi connectivity index (χ4n) is 3.47. The highest BCUT2D eigenvalue weighted by Crippen LogP contribution is 2.44. The summed E-state index contributed by atoms with van der Waals surface area (Å²) in [5, 5.41) is 3.33. The number of benzene rings is 1. The van der Waals surface area contributed by atoms with Crippen molar-refractivity contribution in [3.63, 3.8) is 0 Å². The lowest BCUT2D eigenvalue weighted by molar-refractivity contribution is -0.201. The molecule has 3 heterocycles. The van der Waals surface area contributed by atoms with Crippen molar-refractivity contribution < 1.29 is 36.7 Å². The third-order valence-electron chi connectivity index (χ3n) is 4.94. The van der Waals surface area contributed by atoms with Gasteiger partial charge in [0.2, 0.25) is 11.4 Å². The maximum Gasteiger partial charge on any atom is 0.422 e. The summed E-state index contributed by atoms with van der Waals surface area (Å²) in [6.45, 7) is 0. The van der Waals surface area contributed by atoms with E-state index in [0.29, 0.717) is 4.90 Å². The average Bonchev–Trinajstić information content (AvgIpc) is 3.03. The molecule has 9 nitrogen and oxygen atoms in total. The van der Waals surface area contributed by atoms with Crippen LogP contribution in [-0.2, 0) is 9.59 Å². The Hall–Kier alpha value is -4.16. The summed E-state index contributed by atoms with van der Waals surface area (Å²) in [5.41, 5.74) is -4.23. The van der Waals surface area contributed by atoms with Crippen LogP contribution in [0.4, 0.5) is 28.0 Å². The number of imide groups is 1. The molecule has 1 aromatic heterocycles. The van der Waals surface area contributed by atoms with Gasteiger partial charge in [-0.1, -0.05) is 0 Å². The second kappa shape index (κ2) is 7.21. The van der Waals surface area contributed by atoms with Crippen molar-refractivity contribution in [2.24, 2.45) is 10.9 Å². The Morgan fingerprint density at radius 1 is 1.12 bits per heavy atom. The van der Waals surface area contributed by atoms with Crippen LogP contribution in [-0.4, -0.2) is 46.3 Å². The lowest BCUT2D eigenvalue weighted by Gasteiger charge is -2.39. The number of alkyl halides is 3. The van der Waals surface area contributed by atoms with Gasteiger partial charge in [0.1, 0.15) is 17.6 Å². The number of halogens is 4. The zero-order chi connectivity index (χ0) is 23.3. The molecular formula is C19H11F4N5O4. The number of urea groups is 1. The van der Waals surface area contributed by atoms with Crippen molar-refractivity contribution in [1.29, 1.82) is 0 Å². The van der Waals surface area contributed by atoms with Crippen molar-refractivity contribution in [2.75, 3.05) is 4.90 Å². The topological polar surface area (TPSA) is 121 Å². The number of aliphatic imine (C=N–C) groups is 1. The van der Waals surface area contributed by atoms with E-state index < -0.39 is 53.0 Å². The SMILES string of the molecule is O=C(NC1(C(F)(F)F)C(=O)N=C2C1C(=O)NC(=O)N2c1ccc(F)cc1)c1cccnc1. The molecule has 4 rings (SSSR count). The first-order chi connectivity index (χ1) is 15.1. The fourth-order valence-corrected chi connectivity index (χ4v) is 3.47. The summed E-state index contributed by atoms with van der Waals surface area (Å²) in [7, 11) is 0. The summed E-state index contributed by atoms with van der Waals surface area (Å²) in [6.07, 6.45) is -3.24. The molecule has 0 saturated carbocycles. The summed E-state index contributed by atoms with van der Waals surface area (Å²) in [4.78, 5) is 57.6. The number of aromatic nitrogens is 1. The number of pyridine rings is 1. The minimum atomic E-state index is -5.48. The third kappa shape index (κ3) is 3.09. The van der Waals surface area contributed by atoms with Gasteiger partial charge in [-0.05, 0) is 36.4 Å². The molecule has 2 aliphatic heterocycles. The highest BCUT2D eigenvalue weighted by molar-refractivity contribution is 6.35. The molecule has 0 radical (unpaired) electrons. The van der Waals surface area contributed by atoms with Crippen LogP contribution in [0.2, 0.25) is 0 Å². The van der Waals surface area contributed by atoms with E-state index in [0.717, 1.165) is 36.5 Å². The lowest BCUT2D eigenvalue weighted by atomic mass is 9.81. The van der Waals surface area contributed by atoms with E-state index in [-0.39, 0.29) is 11.3 Å². The van der Waals surface area contributed by atoms with Crippen molar-refractivity contribution >= 4 is 35.3 Å². The van der Waals surface area contributed by atoms with E-state index >= 15 is 0 Å².